The summed E-state index contributed by atoms with van der Waals surface area (Å²) in [6.45, 7) is 0.802. The summed E-state index contributed by atoms with van der Waals surface area (Å²) in [5.74, 6) is 0.622. The van der Waals surface area contributed by atoms with E-state index >= 15 is 0 Å². The Hall–Kier alpha value is -2.71. The molecular weight excluding hydrogens is 310 g/mol. The van der Waals surface area contributed by atoms with E-state index in [2.05, 4.69) is 14.9 Å². The highest BCUT2D eigenvalue weighted by molar-refractivity contribution is 5.94. The smallest absolute Gasteiger partial charge is 0.416 e. The third kappa shape index (κ3) is 3.08. The Kier molecular flexibility index (Phi) is 3.63. The molecule has 2 amide bonds. The van der Waals surface area contributed by atoms with Crippen LogP contribution in [0.15, 0.2) is 28.8 Å². The summed E-state index contributed by atoms with van der Waals surface area (Å²) in [6.07, 6.45) is -3.45. The molecule has 9 heteroatoms. The van der Waals surface area contributed by atoms with Crippen molar-refractivity contribution < 1.29 is 22.8 Å². The van der Waals surface area contributed by atoms with Gasteiger partial charge in [0.05, 0.1) is 12.2 Å². The van der Waals surface area contributed by atoms with Gasteiger partial charge in [0.15, 0.2) is 5.82 Å². The molecule has 0 atom stereocenters. The van der Waals surface area contributed by atoms with Crippen LogP contribution in [0.5, 0.6) is 5.75 Å². The molecule has 0 fully saturated rings. The predicted molar refractivity (Wildman–Crippen MR) is 75.3 cm³/mol. The normalized spacial score (nSPS) is 15.7. The van der Waals surface area contributed by atoms with Crippen molar-refractivity contribution in [1.82, 2.24) is 15.0 Å². The average Bonchev–Trinajstić information content (AvgIpc) is 2.89. The molecule has 2 heterocycles. The number of carbonyl (C=O) groups excluding carboxylic acids is 1. The van der Waals surface area contributed by atoms with Crippen LogP contribution in [0, 0.1) is 6.92 Å². The molecule has 1 aliphatic rings. The maximum atomic E-state index is 13.7. The van der Waals surface area contributed by atoms with Gasteiger partial charge in [-0.15, -0.1) is 0 Å². The third-order valence-corrected chi connectivity index (χ3v) is 3.26. The highest BCUT2D eigenvalue weighted by atomic mass is 19.3. The quantitative estimate of drug-likeness (QED) is 0.848. The molecule has 0 spiro atoms. The predicted octanol–water partition coefficient (Wildman–Crippen LogP) is 2.42. The summed E-state index contributed by atoms with van der Waals surface area (Å²) >= 11 is 0. The lowest BCUT2D eigenvalue weighted by Gasteiger charge is -2.35. The van der Waals surface area contributed by atoms with Gasteiger partial charge in [0, 0.05) is 14.0 Å². The van der Waals surface area contributed by atoms with E-state index in [1.54, 1.807) is 25.1 Å². The van der Waals surface area contributed by atoms with Crippen LogP contribution in [-0.2, 0) is 6.54 Å². The molecule has 0 saturated carbocycles. The number of aryl methyl sites for hydroxylation is 1. The third-order valence-electron chi connectivity index (χ3n) is 3.26. The van der Waals surface area contributed by atoms with Gasteiger partial charge in [-0.2, -0.15) is 13.8 Å². The average molecular weight is 324 g/mol. The van der Waals surface area contributed by atoms with Crippen molar-refractivity contribution in [3.63, 3.8) is 0 Å². The number of hydrogen-bond donors (Lipinski definition) is 0. The van der Waals surface area contributed by atoms with Gasteiger partial charge in [-0.3, -0.25) is 4.90 Å². The van der Waals surface area contributed by atoms with Crippen LogP contribution in [0.25, 0.3) is 0 Å². The van der Waals surface area contributed by atoms with Crippen molar-refractivity contribution in [3.8, 4) is 5.75 Å². The number of fused-ring (bicyclic) bond motifs is 1. The number of carbonyl (C=O) groups is 1. The van der Waals surface area contributed by atoms with E-state index in [9.17, 15) is 13.6 Å². The van der Waals surface area contributed by atoms with E-state index in [1.165, 1.54) is 18.0 Å². The summed E-state index contributed by atoms with van der Waals surface area (Å²) in [6, 6.07) is 5.55. The van der Waals surface area contributed by atoms with Crippen molar-refractivity contribution in [3.05, 3.63) is 36.0 Å². The second-order valence-corrected chi connectivity index (χ2v) is 5.16. The number of benzene rings is 1. The van der Waals surface area contributed by atoms with E-state index in [-0.39, 0.29) is 12.3 Å². The van der Waals surface area contributed by atoms with E-state index < -0.39 is 18.7 Å². The number of nitrogens with zero attached hydrogens (tertiary/aromatic N) is 4. The minimum atomic E-state index is -3.45. The van der Waals surface area contributed by atoms with E-state index in [0.29, 0.717) is 17.4 Å². The van der Waals surface area contributed by atoms with Gasteiger partial charge < -0.3 is 14.2 Å². The van der Waals surface area contributed by atoms with Crippen molar-refractivity contribution >= 4 is 11.7 Å². The van der Waals surface area contributed by atoms with Gasteiger partial charge in [-0.25, -0.2) is 4.79 Å². The Morgan fingerprint density at radius 2 is 2.17 bits per heavy atom. The minimum absolute atomic E-state index is 0.0408. The molecule has 0 N–H and O–H groups in total. The summed E-state index contributed by atoms with van der Waals surface area (Å²) in [5, 5.41) is 3.68. The molecule has 1 aliphatic heterocycles. The Bertz CT molecular complexity index is 734. The van der Waals surface area contributed by atoms with Gasteiger partial charge in [0.1, 0.15) is 12.3 Å². The molecule has 1 aromatic carbocycles. The zero-order chi connectivity index (χ0) is 16.6. The maximum absolute atomic E-state index is 13.7. The van der Waals surface area contributed by atoms with Crippen LogP contribution in [0.1, 0.15) is 11.7 Å². The van der Waals surface area contributed by atoms with Crippen molar-refractivity contribution in [1.29, 1.82) is 0 Å². The number of amides is 2. The summed E-state index contributed by atoms with van der Waals surface area (Å²) in [7, 11) is 1.48. The number of alkyl halides is 2. The van der Waals surface area contributed by atoms with Crippen LogP contribution in [-0.4, -0.2) is 40.8 Å². The SMILES string of the molecule is Cc1nc(CN(C)C(=O)N2CC(F)(F)Oc3ccccc32)no1. The lowest BCUT2D eigenvalue weighted by atomic mass is 10.2. The molecule has 0 bridgehead atoms. The van der Waals surface area contributed by atoms with Crippen LogP contribution in [0.4, 0.5) is 19.3 Å². The number of hydrogen-bond acceptors (Lipinski definition) is 5. The highest BCUT2D eigenvalue weighted by Gasteiger charge is 2.43. The van der Waals surface area contributed by atoms with Gasteiger partial charge in [0.2, 0.25) is 5.89 Å². The molecule has 23 heavy (non-hydrogen) atoms. The number of halogens is 2. The fourth-order valence-electron chi connectivity index (χ4n) is 2.29. The number of ether oxygens (including phenoxy) is 1. The zero-order valence-corrected chi connectivity index (χ0v) is 12.5. The number of urea groups is 1. The molecule has 7 nitrogen and oxygen atoms in total. The molecule has 3 rings (SSSR count). The van der Waals surface area contributed by atoms with E-state index in [0.717, 1.165) is 4.90 Å². The number of rotatable bonds is 2. The summed E-state index contributed by atoms with van der Waals surface area (Å²) in [4.78, 5) is 18.7. The molecular formula is C14H14F2N4O3. The summed E-state index contributed by atoms with van der Waals surface area (Å²) < 4.78 is 36.9. The maximum Gasteiger partial charge on any atom is 0.416 e. The molecule has 0 saturated heterocycles. The largest absolute Gasteiger partial charge is 0.429 e. The van der Waals surface area contributed by atoms with Crippen molar-refractivity contribution in [2.45, 2.75) is 19.6 Å². The number of aromatic nitrogens is 2. The van der Waals surface area contributed by atoms with Gasteiger partial charge in [0.25, 0.3) is 0 Å². The molecule has 0 aliphatic carbocycles. The van der Waals surface area contributed by atoms with Crippen molar-refractivity contribution in [2.24, 2.45) is 0 Å². The lowest BCUT2D eigenvalue weighted by Crippen LogP contribution is -2.51. The second-order valence-electron chi connectivity index (χ2n) is 5.16. The first-order chi connectivity index (χ1) is 10.9. The first-order valence-corrected chi connectivity index (χ1v) is 6.83. The van der Waals surface area contributed by atoms with Crippen LogP contribution >= 0.6 is 0 Å². The van der Waals surface area contributed by atoms with E-state index in [1.807, 2.05) is 0 Å². The molecule has 2 aromatic rings. The minimum Gasteiger partial charge on any atom is -0.429 e. The van der Waals surface area contributed by atoms with Gasteiger partial charge in [-0.05, 0) is 12.1 Å². The number of anilines is 1. The molecule has 1 aromatic heterocycles. The van der Waals surface area contributed by atoms with Gasteiger partial charge in [-0.1, -0.05) is 17.3 Å². The lowest BCUT2D eigenvalue weighted by molar-refractivity contribution is -0.170. The molecule has 0 unspecified atom stereocenters. The fourth-order valence-corrected chi connectivity index (χ4v) is 2.29. The molecule has 122 valence electrons. The van der Waals surface area contributed by atoms with Crippen LogP contribution in [0.3, 0.4) is 0 Å². The molecule has 0 radical (unpaired) electrons. The Morgan fingerprint density at radius 3 is 2.87 bits per heavy atom. The summed E-state index contributed by atoms with van der Waals surface area (Å²) in [5.41, 5.74) is 0.291. The second kappa shape index (κ2) is 5.49. The zero-order valence-electron chi connectivity index (χ0n) is 12.5. The monoisotopic (exact) mass is 324 g/mol. The Morgan fingerprint density at radius 1 is 1.43 bits per heavy atom. The van der Waals surface area contributed by atoms with Crippen LogP contribution < -0.4 is 9.64 Å². The first-order valence-electron chi connectivity index (χ1n) is 6.83. The first kappa shape index (κ1) is 15.2. The topological polar surface area (TPSA) is 71.7 Å². The van der Waals surface area contributed by atoms with Gasteiger partial charge >= 0.3 is 12.1 Å². The van der Waals surface area contributed by atoms with Crippen LogP contribution in [0.2, 0.25) is 0 Å². The van der Waals surface area contributed by atoms with Crippen molar-refractivity contribution in [2.75, 3.05) is 18.5 Å². The Labute approximate surface area is 130 Å². The standard InChI is InChI=1S/C14H14F2N4O3/c1-9-17-12(18-23-9)7-19(2)13(21)20-8-14(15,16)22-11-6-4-3-5-10(11)20/h3-6H,7-8H2,1-2H3. The van der Waals surface area contributed by atoms with E-state index in [4.69, 9.17) is 4.52 Å². The Balaban J connectivity index is 1.83. The number of para-hydroxylation sites is 2. The highest BCUT2D eigenvalue weighted by Crippen LogP contribution is 2.38. The fraction of sp³-hybridized carbons (Fsp3) is 0.357.